The van der Waals surface area contributed by atoms with Gasteiger partial charge in [0.25, 0.3) is 0 Å². The number of esters is 2. The van der Waals surface area contributed by atoms with Crippen molar-refractivity contribution >= 4 is 29.0 Å². The normalized spacial score (nSPS) is 12.3. The van der Waals surface area contributed by atoms with Gasteiger partial charge in [-0.3, -0.25) is 0 Å². The molecule has 0 saturated carbocycles. The van der Waals surface area contributed by atoms with Crippen LogP contribution in [-0.2, 0) is 19.1 Å². The van der Waals surface area contributed by atoms with E-state index in [9.17, 15) is 9.59 Å². The Balaban J connectivity index is 2.18. The minimum atomic E-state index is -0.551. The number of benzene rings is 3. The van der Waals surface area contributed by atoms with E-state index in [0.29, 0.717) is 11.1 Å². The Kier molecular flexibility index (Phi) is 8.72. The molecule has 0 amide bonds. The van der Waals surface area contributed by atoms with Gasteiger partial charge in [-0.25, -0.2) is 9.59 Å². The van der Waals surface area contributed by atoms with Gasteiger partial charge in [0.1, 0.15) is 12.2 Å². The summed E-state index contributed by atoms with van der Waals surface area (Å²) in [6, 6.07) is 22.4. The Labute approximate surface area is 220 Å². The molecular weight excluding hydrogens is 462 g/mol. The van der Waals surface area contributed by atoms with Gasteiger partial charge in [-0.2, -0.15) is 0 Å². The average molecular weight is 498 g/mol. The van der Waals surface area contributed by atoms with E-state index in [2.05, 4.69) is 66.6 Å². The highest BCUT2D eigenvalue weighted by atomic mass is 16.5. The van der Waals surface area contributed by atoms with Crippen molar-refractivity contribution in [2.45, 2.75) is 53.8 Å². The van der Waals surface area contributed by atoms with Gasteiger partial charge in [0.05, 0.1) is 0 Å². The monoisotopic (exact) mass is 497 g/mol. The second kappa shape index (κ2) is 11.7. The van der Waals surface area contributed by atoms with Crippen LogP contribution in [0.5, 0.6) is 0 Å². The van der Waals surface area contributed by atoms with E-state index in [4.69, 9.17) is 9.47 Å². The van der Waals surface area contributed by atoms with E-state index in [1.807, 2.05) is 45.9 Å². The second-order valence-electron chi connectivity index (χ2n) is 9.52. The molecule has 2 unspecified atom stereocenters. The standard InChI is InChI=1S/C32H35NO4/c1-20(2)31(34)36-24(7)26-17-27(25(8)37-32(35)21(3)4)19-30(18-26)33(28-13-9-22(5)10-14-28)29-15-11-23(6)12-16-29/h9-19,24-25H,1,3H2,2,4-8H3. The molecule has 3 rings (SSSR count). The van der Waals surface area contributed by atoms with Crippen molar-refractivity contribution in [3.8, 4) is 0 Å². The molecule has 2 atom stereocenters. The van der Waals surface area contributed by atoms with Gasteiger partial charge in [0.15, 0.2) is 0 Å². The fourth-order valence-electron chi connectivity index (χ4n) is 3.75. The highest BCUT2D eigenvalue weighted by Crippen LogP contribution is 2.38. The SMILES string of the molecule is C=C(C)C(=O)OC(C)c1cc(C(C)OC(=O)C(=C)C)cc(N(c2ccc(C)cc2)c2ccc(C)cc2)c1. The first-order chi connectivity index (χ1) is 17.5. The molecule has 192 valence electrons. The van der Waals surface area contributed by atoms with Crippen molar-refractivity contribution in [3.05, 3.63) is 113 Å². The lowest BCUT2D eigenvalue weighted by Gasteiger charge is -2.28. The Bertz CT molecular complexity index is 1210. The molecule has 3 aromatic rings. The maximum Gasteiger partial charge on any atom is 0.333 e. The maximum absolute atomic E-state index is 12.3. The van der Waals surface area contributed by atoms with Gasteiger partial charge < -0.3 is 14.4 Å². The minimum absolute atomic E-state index is 0.327. The molecule has 0 fully saturated rings. The Morgan fingerprint density at radius 2 is 1.00 bits per heavy atom. The number of nitrogens with zero attached hydrogens (tertiary/aromatic N) is 1. The molecule has 37 heavy (non-hydrogen) atoms. The van der Waals surface area contributed by atoms with Crippen molar-refractivity contribution in [3.63, 3.8) is 0 Å². The first-order valence-electron chi connectivity index (χ1n) is 12.3. The van der Waals surface area contributed by atoms with E-state index < -0.39 is 24.1 Å². The third kappa shape index (κ3) is 6.98. The summed E-state index contributed by atoms with van der Waals surface area (Å²) in [5.74, 6) is -0.926. The van der Waals surface area contributed by atoms with Crippen LogP contribution in [0.2, 0.25) is 0 Å². The van der Waals surface area contributed by atoms with Crippen molar-refractivity contribution in [1.82, 2.24) is 0 Å². The van der Waals surface area contributed by atoms with E-state index in [1.165, 1.54) is 0 Å². The first-order valence-corrected chi connectivity index (χ1v) is 12.3. The van der Waals surface area contributed by atoms with Gasteiger partial charge >= 0.3 is 11.9 Å². The number of carbonyl (C=O) groups excluding carboxylic acids is 2. The highest BCUT2D eigenvalue weighted by Gasteiger charge is 2.21. The number of rotatable bonds is 9. The van der Waals surface area contributed by atoms with E-state index in [-0.39, 0.29) is 0 Å². The lowest BCUT2D eigenvalue weighted by atomic mass is 10.0. The molecule has 0 bridgehead atoms. The van der Waals surface area contributed by atoms with Crippen molar-refractivity contribution in [2.24, 2.45) is 0 Å². The highest BCUT2D eigenvalue weighted by molar-refractivity contribution is 5.87. The van der Waals surface area contributed by atoms with Crippen LogP contribution < -0.4 is 4.90 Å². The quantitative estimate of drug-likeness (QED) is 0.221. The molecule has 3 aromatic carbocycles. The summed E-state index contributed by atoms with van der Waals surface area (Å²) in [6.45, 7) is 18.3. The third-order valence-electron chi connectivity index (χ3n) is 6.01. The number of hydrogen-bond donors (Lipinski definition) is 0. The van der Waals surface area contributed by atoms with Crippen LogP contribution in [0.1, 0.15) is 62.2 Å². The fourth-order valence-corrected chi connectivity index (χ4v) is 3.75. The first kappa shape index (κ1) is 27.5. The maximum atomic E-state index is 12.3. The lowest BCUT2D eigenvalue weighted by Crippen LogP contribution is -2.15. The van der Waals surface area contributed by atoms with Crippen molar-refractivity contribution in [1.29, 1.82) is 0 Å². The topological polar surface area (TPSA) is 55.8 Å². The molecule has 0 saturated heterocycles. The molecule has 5 heteroatoms. The van der Waals surface area contributed by atoms with Gasteiger partial charge in [0, 0.05) is 28.2 Å². The summed E-state index contributed by atoms with van der Waals surface area (Å²) >= 11 is 0. The molecule has 0 aliphatic carbocycles. The number of carbonyl (C=O) groups is 2. The molecular formula is C32H35NO4. The average Bonchev–Trinajstić information content (AvgIpc) is 2.86. The van der Waals surface area contributed by atoms with E-state index in [1.54, 1.807) is 13.8 Å². The lowest BCUT2D eigenvalue weighted by molar-refractivity contribution is -0.144. The number of anilines is 3. The number of aryl methyl sites for hydroxylation is 2. The van der Waals surface area contributed by atoms with Crippen LogP contribution in [0.25, 0.3) is 0 Å². The summed E-state index contributed by atoms with van der Waals surface area (Å²) in [5, 5.41) is 0. The van der Waals surface area contributed by atoms with Crippen LogP contribution in [-0.4, -0.2) is 11.9 Å². The van der Waals surface area contributed by atoms with Crippen LogP contribution >= 0.6 is 0 Å². The third-order valence-corrected chi connectivity index (χ3v) is 6.01. The Morgan fingerprint density at radius 1 is 0.649 bits per heavy atom. The molecule has 0 aliphatic heterocycles. The smallest absolute Gasteiger partial charge is 0.333 e. The van der Waals surface area contributed by atoms with Gasteiger partial charge in [-0.05, 0) is 95.1 Å². The van der Waals surface area contributed by atoms with E-state index in [0.717, 1.165) is 39.3 Å². The van der Waals surface area contributed by atoms with Crippen LogP contribution in [0, 0.1) is 13.8 Å². The molecule has 0 heterocycles. The predicted molar refractivity (Wildman–Crippen MR) is 149 cm³/mol. The summed E-state index contributed by atoms with van der Waals surface area (Å²) in [7, 11) is 0. The Morgan fingerprint density at radius 3 is 1.32 bits per heavy atom. The van der Waals surface area contributed by atoms with Gasteiger partial charge in [0.2, 0.25) is 0 Å². The van der Waals surface area contributed by atoms with Crippen LogP contribution in [0.4, 0.5) is 17.1 Å². The minimum Gasteiger partial charge on any atom is -0.454 e. The summed E-state index contributed by atoms with van der Waals surface area (Å²) in [6.07, 6.45) is -1.10. The largest absolute Gasteiger partial charge is 0.454 e. The zero-order valence-corrected chi connectivity index (χ0v) is 22.5. The number of hydrogen-bond acceptors (Lipinski definition) is 5. The fraction of sp³-hybridized carbons (Fsp3) is 0.250. The van der Waals surface area contributed by atoms with Crippen molar-refractivity contribution in [2.75, 3.05) is 4.90 Å². The molecule has 0 aromatic heterocycles. The van der Waals surface area contributed by atoms with Crippen molar-refractivity contribution < 1.29 is 19.1 Å². The zero-order chi connectivity index (χ0) is 27.3. The summed E-state index contributed by atoms with van der Waals surface area (Å²) in [4.78, 5) is 26.7. The molecule has 0 N–H and O–H groups in total. The molecule has 0 aliphatic rings. The summed E-state index contributed by atoms with van der Waals surface area (Å²) < 4.78 is 11.3. The zero-order valence-electron chi connectivity index (χ0n) is 22.5. The van der Waals surface area contributed by atoms with Gasteiger partial charge in [-0.1, -0.05) is 48.6 Å². The van der Waals surface area contributed by atoms with Crippen LogP contribution in [0.3, 0.4) is 0 Å². The van der Waals surface area contributed by atoms with Crippen LogP contribution in [0.15, 0.2) is 91.0 Å². The molecule has 0 spiro atoms. The predicted octanol–water partition coefficient (Wildman–Crippen LogP) is 8.13. The second-order valence-corrected chi connectivity index (χ2v) is 9.52. The van der Waals surface area contributed by atoms with Gasteiger partial charge in [-0.15, -0.1) is 0 Å². The molecule has 5 nitrogen and oxygen atoms in total. The molecule has 0 radical (unpaired) electrons. The summed E-state index contributed by atoms with van der Waals surface area (Å²) in [5.41, 5.74) is 7.28. The number of ether oxygens (including phenoxy) is 2. The van der Waals surface area contributed by atoms with E-state index >= 15 is 0 Å². The Hall–Kier alpha value is -4.12.